The predicted octanol–water partition coefficient (Wildman–Crippen LogP) is 3.69. The fourth-order valence-electron chi connectivity index (χ4n) is 2.98. The van der Waals surface area contributed by atoms with Gasteiger partial charge in [0.15, 0.2) is 17.6 Å². The van der Waals surface area contributed by atoms with E-state index in [1.807, 2.05) is 31.2 Å². The number of amides is 1. The number of carbonyl (C=O) groups is 1. The second-order valence-corrected chi connectivity index (χ2v) is 6.47. The molecule has 7 nitrogen and oxygen atoms in total. The molecule has 0 aromatic heterocycles. The number of fused-ring (bicyclic) bond motifs is 1. The summed E-state index contributed by atoms with van der Waals surface area (Å²) in [6.45, 7) is 3.36. The third-order valence-corrected chi connectivity index (χ3v) is 4.30. The van der Waals surface area contributed by atoms with E-state index in [1.165, 1.54) is 18.2 Å². The topological polar surface area (TPSA) is 81.9 Å². The molecule has 3 rings (SSSR count). The summed E-state index contributed by atoms with van der Waals surface area (Å²) in [6, 6.07) is 13.6. The molecule has 1 amide bonds. The van der Waals surface area contributed by atoms with Crippen LogP contribution in [-0.2, 0) is 4.79 Å². The summed E-state index contributed by atoms with van der Waals surface area (Å²) >= 11 is 0. The zero-order valence-electron chi connectivity index (χ0n) is 15.6. The number of ether oxygens (including phenoxy) is 2. The first-order chi connectivity index (χ1) is 13.6. The monoisotopic (exact) mass is 382 g/mol. The third kappa shape index (κ3) is 4.88. The first-order valence-corrected chi connectivity index (χ1v) is 9.16. The van der Waals surface area contributed by atoms with Crippen LogP contribution in [0, 0.1) is 10.1 Å². The van der Waals surface area contributed by atoms with Gasteiger partial charge in [0.05, 0.1) is 11.5 Å². The van der Waals surface area contributed by atoms with Crippen LogP contribution in [0.25, 0.3) is 6.08 Å². The van der Waals surface area contributed by atoms with Gasteiger partial charge < -0.3 is 14.4 Å². The fraction of sp³-hybridized carbons (Fsp3) is 0.286. The number of para-hydroxylation sites is 2. The number of carbonyl (C=O) groups excluding carboxylic acids is 1. The SMILES string of the molecule is CCCN(C[C@@H]1COc2ccccc2O1)C(=O)/C=C/c1cccc([N+](=O)[O-])c1. The maximum Gasteiger partial charge on any atom is 0.270 e. The van der Waals surface area contributed by atoms with Crippen molar-refractivity contribution in [3.63, 3.8) is 0 Å². The van der Waals surface area contributed by atoms with Crippen molar-refractivity contribution in [1.82, 2.24) is 4.90 Å². The highest BCUT2D eigenvalue weighted by atomic mass is 16.6. The Morgan fingerprint density at radius 2 is 2.04 bits per heavy atom. The summed E-state index contributed by atoms with van der Waals surface area (Å²) in [5.41, 5.74) is 0.594. The lowest BCUT2D eigenvalue weighted by Crippen LogP contribution is -2.43. The van der Waals surface area contributed by atoms with Crippen LogP contribution in [0.15, 0.2) is 54.6 Å². The van der Waals surface area contributed by atoms with Crippen LogP contribution in [0.1, 0.15) is 18.9 Å². The lowest BCUT2D eigenvalue weighted by molar-refractivity contribution is -0.384. The standard InChI is InChI=1S/C21H22N2O5/c1-2-12-22(14-18-15-27-19-8-3-4-9-20(19)28-18)21(24)11-10-16-6-5-7-17(13-16)23(25)26/h3-11,13,18H,2,12,14-15H2,1H3/b11-10+/t18-/m1/s1. The van der Waals surface area contributed by atoms with Crippen molar-refractivity contribution in [3.8, 4) is 11.5 Å². The molecule has 2 aromatic carbocycles. The molecule has 1 atom stereocenters. The molecule has 0 radical (unpaired) electrons. The van der Waals surface area contributed by atoms with Crippen LogP contribution in [0.2, 0.25) is 0 Å². The highest BCUT2D eigenvalue weighted by Crippen LogP contribution is 2.31. The van der Waals surface area contributed by atoms with E-state index in [-0.39, 0.29) is 17.7 Å². The van der Waals surface area contributed by atoms with Gasteiger partial charge in [-0.25, -0.2) is 0 Å². The molecular formula is C21H22N2O5. The Kier molecular flexibility index (Phi) is 6.26. The molecule has 0 fully saturated rings. The van der Waals surface area contributed by atoms with E-state index in [1.54, 1.807) is 23.1 Å². The number of non-ortho nitro benzene ring substituents is 1. The molecule has 0 saturated heterocycles. The third-order valence-electron chi connectivity index (χ3n) is 4.30. The Balaban J connectivity index is 1.66. The van der Waals surface area contributed by atoms with Gasteiger partial charge in [-0.3, -0.25) is 14.9 Å². The Morgan fingerprint density at radius 1 is 1.25 bits per heavy atom. The van der Waals surface area contributed by atoms with Crippen LogP contribution in [0.5, 0.6) is 11.5 Å². The number of hydrogen-bond donors (Lipinski definition) is 0. The zero-order valence-corrected chi connectivity index (χ0v) is 15.6. The summed E-state index contributed by atoms with van der Waals surface area (Å²) in [5, 5.41) is 10.9. The number of benzene rings is 2. The number of rotatable bonds is 7. The van der Waals surface area contributed by atoms with Crippen LogP contribution in [0.4, 0.5) is 5.69 Å². The molecule has 1 aliphatic heterocycles. The van der Waals surface area contributed by atoms with Crippen LogP contribution >= 0.6 is 0 Å². The van der Waals surface area contributed by atoms with Gasteiger partial charge in [-0.2, -0.15) is 0 Å². The van der Waals surface area contributed by atoms with Crippen LogP contribution in [0.3, 0.4) is 0 Å². The molecule has 0 bridgehead atoms. The summed E-state index contributed by atoms with van der Waals surface area (Å²) in [6.07, 6.45) is 3.58. The van der Waals surface area contributed by atoms with E-state index in [0.29, 0.717) is 36.8 Å². The normalized spacial score (nSPS) is 15.4. The van der Waals surface area contributed by atoms with Gasteiger partial charge in [-0.15, -0.1) is 0 Å². The van der Waals surface area contributed by atoms with Gasteiger partial charge in [0.1, 0.15) is 6.61 Å². The van der Waals surface area contributed by atoms with Crippen LogP contribution in [-0.4, -0.2) is 41.5 Å². The largest absolute Gasteiger partial charge is 0.486 e. The van der Waals surface area contributed by atoms with Crippen molar-refractivity contribution < 1.29 is 19.2 Å². The maximum absolute atomic E-state index is 12.7. The lowest BCUT2D eigenvalue weighted by Gasteiger charge is -2.30. The Morgan fingerprint density at radius 3 is 2.79 bits per heavy atom. The smallest absolute Gasteiger partial charge is 0.270 e. The Bertz CT molecular complexity index is 881. The number of nitro groups is 1. The van der Waals surface area contributed by atoms with Gasteiger partial charge in [0.2, 0.25) is 5.91 Å². The molecule has 28 heavy (non-hydrogen) atoms. The second-order valence-electron chi connectivity index (χ2n) is 6.47. The first-order valence-electron chi connectivity index (χ1n) is 9.16. The molecule has 0 aliphatic carbocycles. The minimum Gasteiger partial charge on any atom is -0.486 e. The van der Waals surface area contributed by atoms with E-state index < -0.39 is 4.92 Å². The zero-order chi connectivity index (χ0) is 19.9. The summed E-state index contributed by atoms with van der Waals surface area (Å²) in [7, 11) is 0. The lowest BCUT2D eigenvalue weighted by atomic mass is 10.2. The Labute approximate surface area is 163 Å². The molecular weight excluding hydrogens is 360 g/mol. The number of hydrogen-bond acceptors (Lipinski definition) is 5. The van der Waals surface area contributed by atoms with E-state index >= 15 is 0 Å². The molecule has 0 saturated carbocycles. The van der Waals surface area contributed by atoms with Gasteiger partial charge in [-0.1, -0.05) is 31.2 Å². The van der Waals surface area contributed by atoms with Crippen molar-refractivity contribution in [1.29, 1.82) is 0 Å². The predicted molar refractivity (Wildman–Crippen MR) is 105 cm³/mol. The molecule has 1 aliphatic rings. The average Bonchev–Trinajstić information content (AvgIpc) is 2.71. The van der Waals surface area contributed by atoms with Gasteiger partial charge in [-0.05, 0) is 30.2 Å². The molecule has 7 heteroatoms. The average molecular weight is 382 g/mol. The highest BCUT2D eigenvalue weighted by molar-refractivity contribution is 5.91. The van der Waals surface area contributed by atoms with E-state index in [9.17, 15) is 14.9 Å². The van der Waals surface area contributed by atoms with Crippen molar-refractivity contribution in [2.45, 2.75) is 19.4 Å². The van der Waals surface area contributed by atoms with Crippen LogP contribution < -0.4 is 9.47 Å². The minimum atomic E-state index is -0.458. The van der Waals surface area contributed by atoms with Crippen molar-refractivity contribution >= 4 is 17.7 Å². The van der Waals surface area contributed by atoms with E-state index in [0.717, 1.165) is 6.42 Å². The quantitative estimate of drug-likeness (QED) is 0.414. The second kappa shape index (κ2) is 9.03. The van der Waals surface area contributed by atoms with Gasteiger partial charge in [0, 0.05) is 24.8 Å². The molecule has 0 N–H and O–H groups in total. The summed E-state index contributed by atoms with van der Waals surface area (Å²) < 4.78 is 11.7. The summed E-state index contributed by atoms with van der Waals surface area (Å²) in [4.78, 5) is 24.8. The Hall–Kier alpha value is -3.35. The highest BCUT2D eigenvalue weighted by Gasteiger charge is 2.24. The maximum atomic E-state index is 12.7. The molecule has 0 unspecified atom stereocenters. The molecule has 2 aromatic rings. The van der Waals surface area contributed by atoms with Crippen molar-refractivity contribution in [2.24, 2.45) is 0 Å². The van der Waals surface area contributed by atoms with Crippen molar-refractivity contribution in [2.75, 3.05) is 19.7 Å². The molecule has 0 spiro atoms. The number of nitro benzene ring substituents is 1. The van der Waals surface area contributed by atoms with Gasteiger partial charge in [0.25, 0.3) is 5.69 Å². The first kappa shape index (κ1) is 19.4. The van der Waals surface area contributed by atoms with E-state index in [4.69, 9.17) is 9.47 Å². The van der Waals surface area contributed by atoms with Gasteiger partial charge >= 0.3 is 0 Å². The minimum absolute atomic E-state index is 0.00793. The van der Waals surface area contributed by atoms with Crippen molar-refractivity contribution in [3.05, 3.63) is 70.3 Å². The van der Waals surface area contributed by atoms with E-state index in [2.05, 4.69) is 0 Å². The molecule has 146 valence electrons. The number of nitrogens with zero attached hydrogens (tertiary/aromatic N) is 2. The summed E-state index contributed by atoms with van der Waals surface area (Å²) in [5.74, 6) is 1.21. The molecule has 1 heterocycles. The fourth-order valence-corrected chi connectivity index (χ4v) is 2.98.